The Morgan fingerprint density at radius 2 is 2.06 bits per heavy atom. The molecule has 0 fully saturated rings. The van der Waals surface area contributed by atoms with Gasteiger partial charge in [0, 0.05) is 12.6 Å². The number of nitrogens with zero attached hydrogens (tertiary/aromatic N) is 1. The van der Waals surface area contributed by atoms with Crippen LogP contribution in [0, 0.1) is 6.92 Å². The maximum Gasteiger partial charge on any atom is 0.314 e. The SMILES string of the molecule is CCCCCCNC(=O)C(=O)Nc1cc(C)on1. The Balaban J connectivity index is 2.23. The van der Waals surface area contributed by atoms with E-state index in [1.807, 2.05) is 0 Å². The molecule has 18 heavy (non-hydrogen) atoms. The van der Waals surface area contributed by atoms with Gasteiger partial charge in [-0.3, -0.25) is 14.9 Å². The fourth-order valence-electron chi connectivity index (χ4n) is 1.43. The molecule has 2 amide bonds. The Morgan fingerprint density at radius 3 is 2.67 bits per heavy atom. The summed E-state index contributed by atoms with van der Waals surface area (Å²) in [5.41, 5.74) is 0. The number of rotatable bonds is 6. The molecule has 6 nitrogen and oxygen atoms in total. The number of hydrogen-bond acceptors (Lipinski definition) is 4. The molecule has 1 rings (SSSR count). The summed E-state index contributed by atoms with van der Waals surface area (Å²) in [5.74, 6) is -0.546. The molecule has 1 aromatic heterocycles. The van der Waals surface area contributed by atoms with Crippen LogP contribution in [-0.4, -0.2) is 23.5 Å². The second kappa shape index (κ2) is 7.47. The van der Waals surface area contributed by atoms with Crippen molar-refractivity contribution in [2.24, 2.45) is 0 Å². The second-order valence-electron chi connectivity index (χ2n) is 4.09. The minimum atomic E-state index is -0.723. The molecule has 0 aliphatic heterocycles. The average molecular weight is 253 g/mol. The van der Waals surface area contributed by atoms with Crippen molar-refractivity contribution in [2.75, 3.05) is 11.9 Å². The van der Waals surface area contributed by atoms with Crippen LogP contribution in [0.4, 0.5) is 5.82 Å². The molecule has 1 heterocycles. The molecule has 6 heteroatoms. The van der Waals surface area contributed by atoms with E-state index < -0.39 is 11.8 Å². The van der Waals surface area contributed by atoms with Gasteiger partial charge in [-0.15, -0.1) is 0 Å². The minimum absolute atomic E-state index is 0.249. The van der Waals surface area contributed by atoms with Gasteiger partial charge in [-0.25, -0.2) is 0 Å². The second-order valence-corrected chi connectivity index (χ2v) is 4.09. The molecule has 2 N–H and O–H groups in total. The molecule has 0 bridgehead atoms. The number of hydrogen-bond donors (Lipinski definition) is 2. The fraction of sp³-hybridized carbons (Fsp3) is 0.583. The maximum atomic E-state index is 11.4. The number of aryl methyl sites for hydroxylation is 1. The van der Waals surface area contributed by atoms with Crippen molar-refractivity contribution in [1.82, 2.24) is 10.5 Å². The zero-order valence-corrected chi connectivity index (χ0v) is 10.8. The number of nitrogens with one attached hydrogen (secondary N) is 2. The van der Waals surface area contributed by atoms with Gasteiger partial charge in [0.05, 0.1) is 0 Å². The minimum Gasteiger partial charge on any atom is -0.360 e. The van der Waals surface area contributed by atoms with E-state index in [0.29, 0.717) is 12.3 Å². The number of carbonyl (C=O) groups is 2. The Bertz CT molecular complexity index is 401. The van der Waals surface area contributed by atoms with Crippen LogP contribution in [0.2, 0.25) is 0 Å². The predicted molar refractivity (Wildman–Crippen MR) is 67.0 cm³/mol. The van der Waals surface area contributed by atoms with Crippen molar-refractivity contribution in [3.05, 3.63) is 11.8 Å². The third-order valence-electron chi connectivity index (χ3n) is 2.39. The van der Waals surface area contributed by atoms with Crippen LogP contribution in [0.1, 0.15) is 38.4 Å². The highest BCUT2D eigenvalue weighted by molar-refractivity contribution is 6.39. The molecule has 0 spiro atoms. The van der Waals surface area contributed by atoms with E-state index in [4.69, 9.17) is 4.52 Å². The Labute approximate surface area is 106 Å². The molecule has 0 aliphatic rings. The molecule has 0 atom stereocenters. The number of unbranched alkanes of at least 4 members (excludes halogenated alkanes) is 3. The van der Waals surface area contributed by atoms with Gasteiger partial charge in [0.2, 0.25) is 0 Å². The first-order chi connectivity index (χ1) is 8.63. The van der Waals surface area contributed by atoms with Crippen LogP contribution in [0.3, 0.4) is 0 Å². The molecule has 0 radical (unpaired) electrons. The first kappa shape index (κ1) is 14.2. The lowest BCUT2D eigenvalue weighted by Gasteiger charge is -2.03. The highest BCUT2D eigenvalue weighted by atomic mass is 16.5. The van der Waals surface area contributed by atoms with Gasteiger partial charge in [-0.05, 0) is 13.3 Å². The van der Waals surface area contributed by atoms with Gasteiger partial charge < -0.3 is 9.84 Å². The highest BCUT2D eigenvalue weighted by Gasteiger charge is 2.14. The quantitative estimate of drug-likeness (QED) is 0.596. The number of anilines is 1. The summed E-state index contributed by atoms with van der Waals surface area (Å²) >= 11 is 0. The summed E-state index contributed by atoms with van der Waals surface area (Å²) in [6, 6.07) is 1.55. The lowest BCUT2D eigenvalue weighted by atomic mass is 10.2. The summed E-state index contributed by atoms with van der Waals surface area (Å²) in [6.45, 7) is 4.34. The van der Waals surface area contributed by atoms with E-state index in [-0.39, 0.29) is 5.82 Å². The van der Waals surface area contributed by atoms with Gasteiger partial charge in [0.25, 0.3) is 0 Å². The van der Waals surface area contributed by atoms with Gasteiger partial charge in [0.15, 0.2) is 5.82 Å². The van der Waals surface area contributed by atoms with Gasteiger partial charge >= 0.3 is 11.8 Å². The van der Waals surface area contributed by atoms with Crippen LogP contribution >= 0.6 is 0 Å². The van der Waals surface area contributed by atoms with Crippen LogP contribution in [0.15, 0.2) is 10.6 Å². The molecule has 0 unspecified atom stereocenters. The third-order valence-corrected chi connectivity index (χ3v) is 2.39. The lowest BCUT2D eigenvalue weighted by Crippen LogP contribution is -2.35. The molecule has 100 valence electrons. The van der Waals surface area contributed by atoms with Gasteiger partial charge in [-0.1, -0.05) is 31.3 Å². The lowest BCUT2D eigenvalue weighted by molar-refractivity contribution is -0.136. The van der Waals surface area contributed by atoms with E-state index in [9.17, 15) is 9.59 Å². The largest absolute Gasteiger partial charge is 0.360 e. The molecular weight excluding hydrogens is 234 g/mol. The highest BCUT2D eigenvalue weighted by Crippen LogP contribution is 2.06. The van der Waals surface area contributed by atoms with Crippen molar-refractivity contribution in [2.45, 2.75) is 39.5 Å². The van der Waals surface area contributed by atoms with E-state index in [1.165, 1.54) is 0 Å². The van der Waals surface area contributed by atoms with Crippen molar-refractivity contribution >= 4 is 17.6 Å². The third kappa shape index (κ3) is 4.99. The number of amides is 2. The van der Waals surface area contributed by atoms with Crippen molar-refractivity contribution in [3.8, 4) is 0 Å². The maximum absolute atomic E-state index is 11.4. The zero-order valence-electron chi connectivity index (χ0n) is 10.8. The van der Waals surface area contributed by atoms with E-state index in [1.54, 1.807) is 13.0 Å². The summed E-state index contributed by atoms with van der Waals surface area (Å²) < 4.78 is 4.77. The number of carbonyl (C=O) groups excluding carboxylic acids is 2. The standard InChI is InChI=1S/C12H19N3O3/c1-3-4-5-6-7-13-11(16)12(17)14-10-8-9(2)18-15-10/h8H,3-7H2,1-2H3,(H,13,16)(H,14,15,17). The molecule has 0 aromatic carbocycles. The molecular formula is C12H19N3O3. The molecule has 0 aliphatic carbocycles. The summed E-state index contributed by atoms with van der Waals surface area (Å²) in [5, 5.41) is 8.49. The predicted octanol–water partition coefficient (Wildman–Crippen LogP) is 1.62. The first-order valence-corrected chi connectivity index (χ1v) is 6.16. The van der Waals surface area contributed by atoms with Crippen molar-refractivity contribution in [1.29, 1.82) is 0 Å². The Morgan fingerprint density at radius 1 is 1.28 bits per heavy atom. The topological polar surface area (TPSA) is 84.2 Å². The first-order valence-electron chi connectivity index (χ1n) is 6.16. The Hall–Kier alpha value is -1.85. The van der Waals surface area contributed by atoms with Crippen LogP contribution in [0.25, 0.3) is 0 Å². The van der Waals surface area contributed by atoms with E-state index in [0.717, 1.165) is 25.7 Å². The summed E-state index contributed by atoms with van der Waals surface area (Å²) in [6.07, 6.45) is 4.22. The molecule has 0 saturated heterocycles. The van der Waals surface area contributed by atoms with Crippen molar-refractivity contribution < 1.29 is 14.1 Å². The summed E-state index contributed by atoms with van der Waals surface area (Å²) in [4.78, 5) is 22.8. The normalized spacial score (nSPS) is 10.1. The molecule has 1 aromatic rings. The monoisotopic (exact) mass is 253 g/mol. The van der Waals surface area contributed by atoms with Crippen LogP contribution in [-0.2, 0) is 9.59 Å². The van der Waals surface area contributed by atoms with Gasteiger partial charge in [0.1, 0.15) is 5.76 Å². The van der Waals surface area contributed by atoms with Crippen LogP contribution in [0.5, 0.6) is 0 Å². The smallest absolute Gasteiger partial charge is 0.314 e. The average Bonchev–Trinajstić information content (AvgIpc) is 2.74. The Kier molecular flexibility index (Phi) is 5.90. The number of aromatic nitrogens is 1. The molecule has 0 saturated carbocycles. The van der Waals surface area contributed by atoms with E-state index >= 15 is 0 Å². The zero-order chi connectivity index (χ0) is 13.4. The van der Waals surface area contributed by atoms with Crippen LogP contribution < -0.4 is 10.6 Å². The summed E-state index contributed by atoms with van der Waals surface area (Å²) in [7, 11) is 0. The van der Waals surface area contributed by atoms with Crippen molar-refractivity contribution in [3.63, 3.8) is 0 Å². The van der Waals surface area contributed by atoms with Gasteiger partial charge in [-0.2, -0.15) is 0 Å². The van der Waals surface area contributed by atoms with E-state index in [2.05, 4.69) is 22.7 Å². The fourth-order valence-corrected chi connectivity index (χ4v) is 1.43.